The lowest BCUT2D eigenvalue weighted by Crippen LogP contribution is -2.30. The number of rotatable bonds is 5. The Morgan fingerprint density at radius 3 is 2.64 bits per heavy atom. The molecule has 33 heavy (non-hydrogen) atoms. The summed E-state index contributed by atoms with van der Waals surface area (Å²) in [5.41, 5.74) is 3.66. The van der Waals surface area contributed by atoms with Crippen molar-refractivity contribution in [2.75, 3.05) is 12.4 Å². The van der Waals surface area contributed by atoms with Crippen LogP contribution in [0.2, 0.25) is 0 Å². The standard InChI is InChI=1S/C26H25BrN2O3S/c1-29(16-17-6-3-2-4-7-17)33(31,32)19-11-12-24-22(15-19)20-8-5-9-21(20)26(28-24)23-14-18(27)10-13-25(23)30/h2-8,10-15,20-21,26,28,30H,9,16H2,1H3. The van der Waals surface area contributed by atoms with Crippen molar-refractivity contribution in [3.63, 3.8) is 0 Å². The Hall–Kier alpha value is -2.61. The summed E-state index contributed by atoms with van der Waals surface area (Å²) in [7, 11) is -2.03. The van der Waals surface area contributed by atoms with Crippen LogP contribution in [0.25, 0.3) is 0 Å². The van der Waals surface area contributed by atoms with Gasteiger partial charge in [-0.1, -0.05) is 58.4 Å². The Balaban J connectivity index is 1.48. The smallest absolute Gasteiger partial charge is 0.243 e. The van der Waals surface area contributed by atoms with Crippen molar-refractivity contribution < 1.29 is 13.5 Å². The van der Waals surface area contributed by atoms with Crippen LogP contribution in [-0.2, 0) is 16.6 Å². The quantitative estimate of drug-likeness (QED) is 0.413. The van der Waals surface area contributed by atoms with E-state index >= 15 is 0 Å². The zero-order chi connectivity index (χ0) is 23.2. The first-order valence-electron chi connectivity index (χ1n) is 10.9. The van der Waals surface area contributed by atoms with E-state index in [1.165, 1.54) is 4.31 Å². The number of anilines is 1. The van der Waals surface area contributed by atoms with Crippen LogP contribution in [0.1, 0.15) is 35.1 Å². The summed E-state index contributed by atoms with van der Waals surface area (Å²) in [5.74, 6) is 0.531. The first-order chi connectivity index (χ1) is 15.8. The minimum atomic E-state index is -3.64. The minimum absolute atomic E-state index is 0.0711. The van der Waals surface area contributed by atoms with E-state index in [2.05, 4.69) is 33.4 Å². The second kappa shape index (κ2) is 8.63. The van der Waals surface area contributed by atoms with Gasteiger partial charge >= 0.3 is 0 Å². The Morgan fingerprint density at radius 2 is 1.85 bits per heavy atom. The van der Waals surface area contributed by atoms with Gasteiger partial charge in [-0.05, 0) is 59.9 Å². The van der Waals surface area contributed by atoms with Crippen LogP contribution in [0.4, 0.5) is 5.69 Å². The van der Waals surface area contributed by atoms with Crippen LogP contribution < -0.4 is 5.32 Å². The molecule has 0 radical (unpaired) electrons. The van der Waals surface area contributed by atoms with Gasteiger partial charge in [-0.25, -0.2) is 8.42 Å². The average Bonchev–Trinajstić information content (AvgIpc) is 3.31. The first-order valence-corrected chi connectivity index (χ1v) is 13.1. The molecule has 2 N–H and O–H groups in total. The highest BCUT2D eigenvalue weighted by Crippen LogP contribution is 2.51. The molecule has 1 aliphatic heterocycles. The van der Waals surface area contributed by atoms with Gasteiger partial charge < -0.3 is 10.4 Å². The Kier molecular flexibility index (Phi) is 5.80. The van der Waals surface area contributed by atoms with Crippen molar-refractivity contribution in [3.8, 4) is 5.75 Å². The molecule has 3 atom stereocenters. The number of hydrogen-bond acceptors (Lipinski definition) is 4. The molecule has 7 heteroatoms. The first kappa shape index (κ1) is 22.2. The number of benzene rings is 3. The predicted octanol–water partition coefficient (Wildman–Crippen LogP) is 5.80. The van der Waals surface area contributed by atoms with Gasteiger partial charge in [0.15, 0.2) is 0 Å². The van der Waals surface area contributed by atoms with Crippen molar-refractivity contribution in [2.24, 2.45) is 5.92 Å². The van der Waals surface area contributed by atoms with Gasteiger partial charge in [-0.3, -0.25) is 0 Å². The van der Waals surface area contributed by atoms with Gasteiger partial charge in [0.05, 0.1) is 10.9 Å². The maximum Gasteiger partial charge on any atom is 0.243 e. The van der Waals surface area contributed by atoms with Crippen LogP contribution in [0.5, 0.6) is 5.75 Å². The Bertz CT molecular complexity index is 1320. The largest absolute Gasteiger partial charge is 0.508 e. The Morgan fingerprint density at radius 1 is 1.06 bits per heavy atom. The maximum atomic E-state index is 13.3. The van der Waals surface area contributed by atoms with Gasteiger partial charge in [0, 0.05) is 35.2 Å². The minimum Gasteiger partial charge on any atom is -0.508 e. The van der Waals surface area contributed by atoms with E-state index in [4.69, 9.17) is 0 Å². The highest BCUT2D eigenvalue weighted by molar-refractivity contribution is 9.10. The lowest BCUT2D eigenvalue weighted by atomic mass is 9.77. The monoisotopic (exact) mass is 524 g/mol. The molecule has 3 aromatic rings. The zero-order valence-corrected chi connectivity index (χ0v) is 20.6. The van der Waals surface area contributed by atoms with Crippen LogP contribution in [0.15, 0.2) is 88.3 Å². The van der Waals surface area contributed by atoms with Gasteiger partial charge in [-0.15, -0.1) is 0 Å². The van der Waals surface area contributed by atoms with Crippen LogP contribution in [0.3, 0.4) is 0 Å². The number of fused-ring (bicyclic) bond motifs is 3. The number of hydrogen-bond donors (Lipinski definition) is 2. The number of phenols is 1. The molecular weight excluding hydrogens is 500 g/mol. The summed E-state index contributed by atoms with van der Waals surface area (Å²) in [5, 5.41) is 14.1. The summed E-state index contributed by atoms with van der Waals surface area (Å²) in [6.45, 7) is 0.314. The van der Waals surface area contributed by atoms with Gasteiger partial charge in [0.1, 0.15) is 5.75 Å². The molecule has 5 nitrogen and oxygen atoms in total. The number of nitrogens with one attached hydrogen (secondary N) is 1. The SMILES string of the molecule is CN(Cc1ccccc1)S(=O)(=O)c1ccc2c(c1)C1C=CCC1C(c1cc(Br)ccc1O)N2. The number of aromatic hydroxyl groups is 1. The molecule has 0 saturated heterocycles. The molecule has 0 fully saturated rings. The van der Waals surface area contributed by atoms with Crippen LogP contribution in [0, 0.1) is 5.92 Å². The highest BCUT2D eigenvalue weighted by Gasteiger charge is 2.39. The molecule has 0 aromatic heterocycles. The van der Waals surface area contributed by atoms with Crippen molar-refractivity contribution >= 4 is 31.6 Å². The molecule has 0 spiro atoms. The van der Waals surface area contributed by atoms with E-state index in [0.717, 1.165) is 33.3 Å². The topological polar surface area (TPSA) is 69.6 Å². The number of sulfonamides is 1. The van der Waals surface area contributed by atoms with Gasteiger partial charge in [0.25, 0.3) is 0 Å². The molecule has 0 amide bonds. The predicted molar refractivity (Wildman–Crippen MR) is 134 cm³/mol. The lowest BCUT2D eigenvalue weighted by molar-refractivity contribution is 0.401. The fourth-order valence-corrected chi connectivity index (χ4v) is 6.49. The van der Waals surface area contributed by atoms with Gasteiger partial charge in [0.2, 0.25) is 10.0 Å². The third-order valence-electron chi connectivity index (χ3n) is 6.62. The fourth-order valence-electron chi connectivity index (χ4n) is 4.92. The van der Waals surface area contributed by atoms with Crippen LogP contribution >= 0.6 is 15.9 Å². The third kappa shape index (κ3) is 4.09. The Labute approximate surface area is 202 Å². The van der Waals surface area contributed by atoms with E-state index in [-0.39, 0.29) is 23.6 Å². The molecular formula is C26H25BrN2O3S. The van der Waals surface area contributed by atoms with E-state index in [1.54, 1.807) is 19.2 Å². The van der Waals surface area contributed by atoms with Crippen molar-refractivity contribution in [2.45, 2.75) is 29.8 Å². The summed E-state index contributed by atoms with van der Waals surface area (Å²) >= 11 is 3.51. The molecule has 5 rings (SSSR count). The molecule has 0 bridgehead atoms. The summed E-state index contributed by atoms with van der Waals surface area (Å²) in [4.78, 5) is 0.296. The van der Waals surface area contributed by atoms with E-state index < -0.39 is 10.0 Å². The average molecular weight is 525 g/mol. The fraction of sp³-hybridized carbons (Fsp3) is 0.231. The molecule has 170 valence electrons. The van der Waals surface area contributed by atoms with Gasteiger partial charge in [-0.2, -0.15) is 4.31 Å². The van der Waals surface area contributed by atoms with E-state index in [1.807, 2.05) is 54.6 Å². The summed E-state index contributed by atoms with van der Waals surface area (Å²) in [6.07, 6.45) is 5.17. The highest BCUT2D eigenvalue weighted by atomic mass is 79.9. The second-order valence-electron chi connectivity index (χ2n) is 8.67. The summed E-state index contributed by atoms with van der Waals surface area (Å²) in [6, 6.07) is 20.3. The molecule has 3 unspecified atom stereocenters. The molecule has 1 heterocycles. The maximum absolute atomic E-state index is 13.3. The second-order valence-corrected chi connectivity index (χ2v) is 11.6. The number of allylic oxidation sites excluding steroid dienone is 2. The van der Waals surface area contributed by atoms with E-state index in [9.17, 15) is 13.5 Å². The molecule has 1 aliphatic carbocycles. The van der Waals surface area contributed by atoms with Crippen molar-refractivity contribution in [1.82, 2.24) is 4.31 Å². The third-order valence-corrected chi connectivity index (χ3v) is 8.91. The molecule has 0 saturated carbocycles. The number of phenolic OH excluding ortho intramolecular Hbond substituents is 1. The normalized spacial score (nSPS) is 21.5. The lowest BCUT2D eigenvalue weighted by Gasteiger charge is -2.38. The van der Waals surface area contributed by atoms with E-state index in [0.29, 0.717) is 11.4 Å². The summed E-state index contributed by atoms with van der Waals surface area (Å²) < 4.78 is 29.0. The molecule has 2 aliphatic rings. The number of nitrogens with zero attached hydrogens (tertiary/aromatic N) is 1. The molecule has 3 aromatic carbocycles. The van der Waals surface area contributed by atoms with Crippen molar-refractivity contribution in [1.29, 1.82) is 0 Å². The number of halogens is 1. The van der Waals surface area contributed by atoms with Crippen LogP contribution in [-0.4, -0.2) is 24.9 Å². The zero-order valence-electron chi connectivity index (χ0n) is 18.1. The van der Waals surface area contributed by atoms with Crippen molar-refractivity contribution in [3.05, 3.63) is 100 Å².